The molecule has 0 amide bonds. The number of benzene rings is 3. The average molecular weight is 367 g/mol. The zero-order chi connectivity index (χ0) is 18.5. The summed E-state index contributed by atoms with van der Waals surface area (Å²) >= 11 is 6.16. The summed E-state index contributed by atoms with van der Waals surface area (Å²) in [5, 5.41) is 0.628. The quantitative estimate of drug-likeness (QED) is 0.425. The smallest absolute Gasteiger partial charge is 0.347 e. The van der Waals surface area contributed by atoms with Crippen molar-refractivity contribution in [3.05, 3.63) is 94.0 Å². The molecule has 0 unspecified atom stereocenters. The van der Waals surface area contributed by atoms with Crippen LogP contribution in [0.5, 0.6) is 11.5 Å². The minimum atomic E-state index is -0.451. The molecule has 4 heteroatoms. The van der Waals surface area contributed by atoms with E-state index in [4.69, 9.17) is 21.1 Å². The van der Waals surface area contributed by atoms with E-state index in [1.807, 2.05) is 56.3 Å². The third-order valence-corrected chi connectivity index (χ3v) is 4.36. The second-order valence-corrected chi connectivity index (χ2v) is 6.44. The Labute approximate surface area is 158 Å². The number of hydrogen-bond donors (Lipinski definition) is 0. The maximum absolute atomic E-state index is 12.6. The minimum Gasteiger partial charge on any atom is -0.488 e. The molecule has 26 heavy (non-hydrogen) atoms. The van der Waals surface area contributed by atoms with E-state index in [-0.39, 0.29) is 6.61 Å². The molecular formula is C22H19ClO3. The van der Waals surface area contributed by atoms with Gasteiger partial charge in [0, 0.05) is 10.6 Å². The lowest BCUT2D eigenvalue weighted by molar-refractivity contribution is 0.0728. The molecule has 0 saturated carbocycles. The Morgan fingerprint density at radius 1 is 0.923 bits per heavy atom. The highest BCUT2D eigenvalue weighted by atomic mass is 35.5. The van der Waals surface area contributed by atoms with Crippen molar-refractivity contribution in [3.8, 4) is 11.5 Å². The van der Waals surface area contributed by atoms with Crippen LogP contribution in [0.4, 0.5) is 0 Å². The number of esters is 1. The third kappa shape index (κ3) is 4.24. The zero-order valence-corrected chi connectivity index (χ0v) is 15.4. The average Bonchev–Trinajstić information content (AvgIpc) is 2.64. The summed E-state index contributed by atoms with van der Waals surface area (Å²) in [6.45, 7) is 4.13. The predicted molar refractivity (Wildman–Crippen MR) is 103 cm³/mol. The third-order valence-electron chi connectivity index (χ3n) is 3.99. The van der Waals surface area contributed by atoms with E-state index >= 15 is 0 Å². The maximum atomic E-state index is 12.6. The number of hydrogen-bond acceptors (Lipinski definition) is 3. The van der Waals surface area contributed by atoms with Crippen LogP contribution in [0, 0.1) is 13.8 Å². The van der Waals surface area contributed by atoms with Crippen LogP contribution in [-0.2, 0) is 6.61 Å². The molecule has 0 aromatic heterocycles. The number of para-hydroxylation sites is 1. The van der Waals surface area contributed by atoms with Gasteiger partial charge in [0.1, 0.15) is 23.7 Å². The summed E-state index contributed by atoms with van der Waals surface area (Å²) in [7, 11) is 0. The number of rotatable bonds is 5. The SMILES string of the molecule is Cc1ccc(C)c(OC(=O)c2ccccc2OCc2ccccc2Cl)c1. The molecule has 0 atom stereocenters. The van der Waals surface area contributed by atoms with E-state index < -0.39 is 5.97 Å². The molecule has 3 nitrogen and oxygen atoms in total. The van der Waals surface area contributed by atoms with Crippen LogP contribution in [0.25, 0.3) is 0 Å². The lowest BCUT2D eigenvalue weighted by atomic mass is 10.1. The van der Waals surface area contributed by atoms with Gasteiger partial charge in [-0.3, -0.25) is 0 Å². The minimum absolute atomic E-state index is 0.271. The molecule has 3 aromatic carbocycles. The van der Waals surface area contributed by atoms with Crippen LogP contribution in [0.15, 0.2) is 66.7 Å². The van der Waals surface area contributed by atoms with Gasteiger partial charge in [-0.2, -0.15) is 0 Å². The molecule has 0 heterocycles. The highest BCUT2D eigenvalue weighted by Gasteiger charge is 2.16. The molecule has 0 bridgehead atoms. The van der Waals surface area contributed by atoms with Gasteiger partial charge in [0.15, 0.2) is 0 Å². The summed E-state index contributed by atoms with van der Waals surface area (Å²) in [6, 6.07) is 20.2. The summed E-state index contributed by atoms with van der Waals surface area (Å²) in [6.07, 6.45) is 0. The van der Waals surface area contributed by atoms with Gasteiger partial charge in [-0.1, -0.05) is 54.1 Å². The molecule has 0 radical (unpaired) electrons. The van der Waals surface area contributed by atoms with Gasteiger partial charge in [0.05, 0.1) is 0 Å². The Bertz CT molecular complexity index is 934. The van der Waals surface area contributed by atoms with Crippen LogP contribution in [0.2, 0.25) is 5.02 Å². The molecule has 0 spiro atoms. The molecule has 0 aliphatic rings. The van der Waals surface area contributed by atoms with Crippen molar-refractivity contribution in [1.29, 1.82) is 0 Å². The van der Waals surface area contributed by atoms with Crippen molar-refractivity contribution >= 4 is 17.6 Å². The first kappa shape index (κ1) is 18.0. The van der Waals surface area contributed by atoms with Gasteiger partial charge in [-0.25, -0.2) is 4.79 Å². The Hall–Kier alpha value is -2.78. The van der Waals surface area contributed by atoms with E-state index in [0.717, 1.165) is 16.7 Å². The molecule has 0 aliphatic heterocycles. The van der Waals surface area contributed by atoms with E-state index in [2.05, 4.69) is 0 Å². The molecule has 3 aromatic rings. The van der Waals surface area contributed by atoms with Crippen molar-refractivity contribution < 1.29 is 14.3 Å². The number of halogens is 1. The summed E-state index contributed by atoms with van der Waals surface area (Å²) < 4.78 is 11.4. The molecular weight excluding hydrogens is 348 g/mol. The fraction of sp³-hybridized carbons (Fsp3) is 0.136. The number of carbonyl (C=O) groups excluding carboxylic acids is 1. The van der Waals surface area contributed by atoms with Crippen molar-refractivity contribution in [2.75, 3.05) is 0 Å². The highest BCUT2D eigenvalue weighted by Crippen LogP contribution is 2.25. The number of aryl methyl sites for hydroxylation is 2. The van der Waals surface area contributed by atoms with Crippen LogP contribution in [0.1, 0.15) is 27.0 Å². The lowest BCUT2D eigenvalue weighted by Crippen LogP contribution is -2.11. The molecule has 3 rings (SSSR count). The van der Waals surface area contributed by atoms with Gasteiger partial charge in [0.2, 0.25) is 0 Å². The maximum Gasteiger partial charge on any atom is 0.347 e. The Balaban J connectivity index is 1.79. The van der Waals surface area contributed by atoms with Crippen molar-refractivity contribution in [2.24, 2.45) is 0 Å². The summed E-state index contributed by atoms with van der Waals surface area (Å²) in [5.41, 5.74) is 3.16. The van der Waals surface area contributed by atoms with Crippen LogP contribution in [-0.4, -0.2) is 5.97 Å². The Kier molecular flexibility index (Phi) is 5.59. The normalized spacial score (nSPS) is 10.4. The first-order valence-electron chi connectivity index (χ1n) is 8.29. The first-order valence-corrected chi connectivity index (χ1v) is 8.67. The van der Waals surface area contributed by atoms with Gasteiger partial charge < -0.3 is 9.47 Å². The topological polar surface area (TPSA) is 35.5 Å². The number of carbonyl (C=O) groups is 1. The Morgan fingerprint density at radius 3 is 2.46 bits per heavy atom. The highest BCUT2D eigenvalue weighted by molar-refractivity contribution is 6.31. The molecule has 0 aliphatic carbocycles. The fourth-order valence-corrected chi connectivity index (χ4v) is 2.69. The van der Waals surface area contributed by atoms with Gasteiger partial charge in [-0.05, 0) is 49.2 Å². The van der Waals surface area contributed by atoms with Crippen LogP contribution < -0.4 is 9.47 Å². The van der Waals surface area contributed by atoms with E-state index in [1.165, 1.54) is 0 Å². The second kappa shape index (κ2) is 8.07. The van der Waals surface area contributed by atoms with E-state index in [9.17, 15) is 4.79 Å². The molecule has 0 saturated heterocycles. The van der Waals surface area contributed by atoms with Gasteiger partial charge in [0.25, 0.3) is 0 Å². The standard InChI is InChI=1S/C22H19ClO3/c1-15-11-12-16(2)21(13-15)26-22(24)18-8-4-6-10-20(18)25-14-17-7-3-5-9-19(17)23/h3-13H,14H2,1-2H3. The monoisotopic (exact) mass is 366 g/mol. The molecule has 0 N–H and O–H groups in total. The summed E-state index contributed by atoms with van der Waals surface area (Å²) in [4.78, 5) is 12.6. The lowest BCUT2D eigenvalue weighted by Gasteiger charge is -2.13. The second-order valence-electron chi connectivity index (χ2n) is 6.03. The largest absolute Gasteiger partial charge is 0.488 e. The van der Waals surface area contributed by atoms with Gasteiger partial charge >= 0.3 is 5.97 Å². The van der Waals surface area contributed by atoms with Crippen molar-refractivity contribution in [2.45, 2.75) is 20.5 Å². The zero-order valence-electron chi connectivity index (χ0n) is 14.7. The Morgan fingerprint density at radius 2 is 1.65 bits per heavy atom. The van der Waals surface area contributed by atoms with Crippen molar-refractivity contribution in [3.63, 3.8) is 0 Å². The first-order chi connectivity index (χ1) is 12.5. The van der Waals surface area contributed by atoms with E-state index in [1.54, 1.807) is 24.3 Å². The molecule has 132 valence electrons. The van der Waals surface area contributed by atoms with Crippen LogP contribution >= 0.6 is 11.6 Å². The van der Waals surface area contributed by atoms with E-state index in [0.29, 0.717) is 22.1 Å². The summed E-state index contributed by atoms with van der Waals surface area (Å²) in [5.74, 6) is 0.562. The van der Waals surface area contributed by atoms with Gasteiger partial charge in [-0.15, -0.1) is 0 Å². The van der Waals surface area contributed by atoms with Crippen molar-refractivity contribution in [1.82, 2.24) is 0 Å². The predicted octanol–water partition coefficient (Wildman–Crippen LogP) is 5.76. The molecule has 0 fully saturated rings. The fourth-order valence-electron chi connectivity index (χ4n) is 2.50. The van der Waals surface area contributed by atoms with Crippen LogP contribution in [0.3, 0.4) is 0 Å². The number of ether oxygens (including phenoxy) is 2.